The van der Waals surface area contributed by atoms with Crippen molar-refractivity contribution < 1.29 is 17.9 Å². The molecule has 3 aliphatic rings. The summed E-state index contributed by atoms with van der Waals surface area (Å²) in [6.07, 6.45) is 5.46. The lowest BCUT2D eigenvalue weighted by atomic mass is 10.00. The normalized spacial score (nSPS) is 17.7. The minimum absolute atomic E-state index is 0.0136. The molecule has 3 N–H and O–H groups in total. The van der Waals surface area contributed by atoms with Crippen molar-refractivity contribution in [3.05, 3.63) is 58.7 Å². The number of rotatable bonds is 9. The number of sulfone groups is 1. The van der Waals surface area contributed by atoms with Crippen LogP contribution in [-0.2, 0) is 16.4 Å². The van der Waals surface area contributed by atoms with Gasteiger partial charge in [0.25, 0.3) is 5.91 Å². The maximum absolute atomic E-state index is 13.5. The fourth-order valence-corrected chi connectivity index (χ4v) is 7.81. The highest BCUT2D eigenvalue weighted by molar-refractivity contribution is 7.92. The monoisotopic (exact) mass is 610 g/mol. The zero-order valence-electron chi connectivity index (χ0n) is 23.7. The van der Waals surface area contributed by atoms with E-state index in [-0.39, 0.29) is 45.0 Å². The van der Waals surface area contributed by atoms with Gasteiger partial charge in [0, 0.05) is 18.2 Å². The number of hydrogen-bond acceptors (Lipinski definition) is 9. The number of halogens is 1. The molecule has 42 heavy (non-hydrogen) atoms. The number of carbonyl (C=O) groups excluding carboxylic acids is 1. The highest BCUT2D eigenvalue weighted by atomic mass is 35.5. The quantitative estimate of drug-likeness (QED) is 0.290. The summed E-state index contributed by atoms with van der Waals surface area (Å²) >= 11 is 6.46. The van der Waals surface area contributed by atoms with Crippen LogP contribution in [0.5, 0.6) is 5.75 Å². The highest BCUT2D eigenvalue weighted by Gasteiger charge is 2.35. The van der Waals surface area contributed by atoms with E-state index >= 15 is 0 Å². The average Bonchev–Trinajstić information content (AvgIpc) is 3.25. The number of para-hydroxylation sites is 1. The lowest BCUT2D eigenvalue weighted by Gasteiger charge is -2.31. The molecule has 222 valence electrons. The van der Waals surface area contributed by atoms with E-state index in [4.69, 9.17) is 16.3 Å². The summed E-state index contributed by atoms with van der Waals surface area (Å²) in [5, 5.41) is 9.55. The molecule has 1 aliphatic carbocycles. The number of nitrogens with zero attached hydrogens (tertiary/aromatic N) is 3. The van der Waals surface area contributed by atoms with Gasteiger partial charge in [0.15, 0.2) is 15.7 Å². The fraction of sp³-hybridized carbons (Fsp3) is 0.433. The van der Waals surface area contributed by atoms with Crippen molar-refractivity contribution in [3.8, 4) is 5.75 Å². The lowest BCUT2D eigenvalue weighted by Crippen LogP contribution is -2.43. The maximum atomic E-state index is 13.5. The summed E-state index contributed by atoms with van der Waals surface area (Å²) < 4.78 is 32.6. The number of nitrogens with one attached hydrogen (secondary N) is 3. The van der Waals surface area contributed by atoms with E-state index in [0.29, 0.717) is 42.1 Å². The Bertz CT molecular complexity index is 1610. The molecule has 3 heterocycles. The van der Waals surface area contributed by atoms with Gasteiger partial charge in [0.1, 0.15) is 10.8 Å². The first-order valence-electron chi connectivity index (χ1n) is 14.5. The summed E-state index contributed by atoms with van der Waals surface area (Å²) in [5.41, 5.74) is 2.53. The molecule has 3 aromatic rings. The predicted molar refractivity (Wildman–Crippen MR) is 163 cm³/mol. The van der Waals surface area contributed by atoms with Gasteiger partial charge in [-0.05, 0) is 82.4 Å². The van der Waals surface area contributed by atoms with Crippen molar-refractivity contribution in [1.29, 1.82) is 0 Å². The maximum Gasteiger partial charge on any atom is 0.254 e. The number of fused-ring (bicyclic) bond motifs is 1. The van der Waals surface area contributed by atoms with Crippen molar-refractivity contribution in [2.45, 2.75) is 74.8 Å². The van der Waals surface area contributed by atoms with Crippen molar-refractivity contribution in [2.24, 2.45) is 0 Å². The minimum Gasteiger partial charge on any atom is -0.489 e. The van der Waals surface area contributed by atoms with Crippen LogP contribution in [-0.4, -0.2) is 59.7 Å². The Morgan fingerprint density at radius 3 is 2.55 bits per heavy atom. The van der Waals surface area contributed by atoms with E-state index < -0.39 is 9.84 Å². The van der Waals surface area contributed by atoms with Crippen LogP contribution in [0.4, 0.5) is 23.1 Å². The smallest absolute Gasteiger partial charge is 0.254 e. The van der Waals surface area contributed by atoms with Gasteiger partial charge in [0.05, 0.1) is 33.8 Å². The highest BCUT2D eigenvalue weighted by Crippen LogP contribution is 2.38. The third-order valence-electron chi connectivity index (χ3n) is 8.08. The Morgan fingerprint density at radius 1 is 1.07 bits per heavy atom. The van der Waals surface area contributed by atoms with Gasteiger partial charge >= 0.3 is 0 Å². The molecule has 1 saturated carbocycles. The third-order valence-corrected chi connectivity index (χ3v) is 10.7. The molecule has 1 amide bonds. The first-order valence-corrected chi connectivity index (χ1v) is 16.4. The van der Waals surface area contributed by atoms with Crippen LogP contribution in [0.15, 0.2) is 47.5 Å². The molecule has 2 fully saturated rings. The number of anilines is 4. The van der Waals surface area contributed by atoms with E-state index in [1.165, 1.54) is 6.20 Å². The molecule has 2 aromatic carbocycles. The van der Waals surface area contributed by atoms with Crippen molar-refractivity contribution >= 4 is 50.5 Å². The standard InChI is InChI=1S/C30H35ClN6O4S/c1-18(2)41-26-14-19-17-37(20-10-12-32-13-11-20)29(38)22(19)15-25(26)35-30-33-16-23(31)28(36-30)34-24-8-3-4-9-27(24)42(39,40)21-6-5-7-21/h3-4,8-9,14-16,18,20-21,32H,5-7,10-13,17H2,1-2H3,(H2,33,34,35,36). The van der Waals surface area contributed by atoms with Crippen LogP contribution < -0.4 is 20.7 Å². The number of amides is 1. The molecule has 0 spiro atoms. The molecule has 6 rings (SSSR count). The van der Waals surface area contributed by atoms with Crippen LogP contribution >= 0.6 is 11.6 Å². The second-order valence-electron chi connectivity index (χ2n) is 11.3. The molecule has 2 aliphatic heterocycles. The SMILES string of the molecule is CC(C)Oc1cc2c(cc1Nc1ncc(Cl)c(Nc3ccccc3S(=O)(=O)C3CCC3)n1)C(=O)N(C1CCNCC1)C2. The van der Waals surface area contributed by atoms with E-state index in [9.17, 15) is 13.2 Å². The Balaban J connectivity index is 1.29. The number of benzene rings is 2. The largest absolute Gasteiger partial charge is 0.489 e. The summed E-state index contributed by atoms with van der Waals surface area (Å²) in [4.78, 5) is 24.6. The van der Waals surface area contributed by atoms with Crippen LogP contribution in [0.3, 0.4) is 0 Å². The minimum atomic E-state index is -3.49. The van der Waals surface area contributed by atoms with E-state index in [1.54, 1.807) is 24.3 Å². The van der Waals surface area contributed by atoms with Crippen LogP contribution in [0.25, 0.3) is 0 Å². The molecular formula is C30H35ClN6O4S. The van der Waals surface area contributed by atoms with E-state index in [0.717, 1.165) is 37.9 Å². The zero-order valence-corrected chi connectivity index (χ0v) is 25.3. The zero-order chi connectivity index (χ0) is 29.4. The molecule has 12 heteroatoms. The third kappa shape index (κ3) is 5.65. The van der Waals surface area contributed by atoms with Crippen LogP contribution in [0, 0.1) is 0 Å². The van der Waals surface area contributed by atoms with Crippen molar-refractivity contribution in [3.63, 3.8) is 0 Å². The molecule has 0 unspecified atom stereocenters. The topological polar surface area (TPSA) is 126 Å². The number of carbonyl (C=O) groups is 1. The van der Waals surface area contributed by atoms with E-state index in [1.807, 2.05) is 30.9 Å². The first-order chi connectivity index (χ1) is 20.2. The van der Waals surface area contributed by atoms with Crippen LogP contribution in [0.1, 0.15) is 61.9 Å². The number of aromatic nitrogens is 2. The molecule has 0 bridgehead atoms. The summed E-state index contributed by atoms with van der Waals surface area (Å²) in [6, 6.07) is 10.7. The lowest BCUT2D eigenvalue weighted by molar-refractivity contribution is 0.0668. The molecule has 0 radical (unpaired) electrons. The van der Waals surface area contributed by atoms with Gasteiger partial charge in [-0.1, -0.05) is 30.2 Å². The molecule has 1 saturated heterocycles. The Kier molecular flexibility index (Phi) is 7.99. The molecular weight excluding hydrogens is 576 g/mol. The van der Waals surface area contributed by atoms with Gasteiger partial charge in [-0.15, -0.1) is 0 Å². The van der Waals surface area contributed by atoms with Crippen molar-refractivity contribution in [1.82, 2.24) is 20.2 Å². The summed E-state index contributed by atoms with van der Waals surface area (Å²) in [7, 11) is -3.49. The second kappa shape index (κ2) is 11.7. The predicted octanol–water partition coefficient (Wildman–Crippen LogP) is 5.44. The fourth-order valence-electron chi connectivity index (χ4n) is 5.67. The summed E-state index contributed by atoms with van der Waals surface area (Å²) in [6.45, 7) is 6.25. The Labute approximate surface area is 251 Å². The van der Waals surface area contributed by atoms with E-state index in [2.05, 4.69) is 25.9 Å². The van der Waals surface area contributed by atoms with Gasteiger partial charge < -0.3 is 25.6 Å². The summed E-state index contributed by atoms with van der Waals surface area (Å²) in [5.74, 6) is 1.08. The Morgan fingerprint density at radius 2 is 1.83 bits per heavy atom. The average molecular weight is 611 g/mol. The number of ether oxygens (including phenoxy) is 1. The molecule has 1 aromatic heterocycles. The first kappa shape index (κ1) is 28.7. The van der Waals surface area contributed by atoms with Gasteiger partial charge in [0.2, 0.25) is 5.95 Å². The van der Waals surface area contributed by atoms with Gasteiger partial charge in [-0.2, -0.15) is 4.98 Å². The second-order valence-corrected chi connectivity index (χ2v) is 13.9. The number of hydrogen-bond donors (Lipinski definition) is 3. The van der Waals surface area contributed by atoms with Crippen LogP contribution in [0.2, 0.25) is 5.02 Å². The number of piperidine rings is 1. The van der Waals surface area contributed by atoms with Crippen molar-refractivity contribution in [2.75, 3.05) is 23.7 Å². The van der Waals surface area contributed by atoms with Gasteiger partial charge in [-0.25, -0.2) is 13.4 Å². The van der Waals surface area contributed by atoms with Gasteiger partial charge in [-0.3, -0.25) is 4.79 Å². The Hall–Kier alpha value is -3.41. The molecule has 10 nitrogen and oxygen atoms in total. The molecule has 0 atom stereocenters.